The molecule has 13 heteroatoms. The minimum absolute atomic E-state index is 0.115. The van der Waals surface area contributed by atoms with Crippen LogP contribution in [0.5, 0.6) is 0 Å². The first-order valence-electron chi connectivity index (χ1n) is 10.1. The Balaban J connectivity index is 2.77. The molecule has 184 valence electrons. The highest BCUT2D eigenvalue weighted by molar-refractivity contribution is 6.81. The van der Waals surface area contributed by atoms with E-state index in [4.69, 9.17) is 11.2 Å². The van der Waals surface area contributed by atoms with Crippen molar-refractivity contribution in [3.05, 3.63) is 32.6 Å². The summed E-state index contributed by atoms with van der Waals surface area (Å²) >= 11 is 0. The molecular formula is C20H28F3N3O6Si. The maximum Gasteiger partial charge on any atom is 0.471 e. The zero-order chi connectivity index (χ0) is 25.6. The predicted octanol–water partition coefficient (Wildman–Crippen LogP) is 0.732. The molecule has 9 nitrogen and oxygen atoms in total. The van der Waals surface area contributed by atoms with E-state index < -0.39 is 72.2 Å². The third-order valence-electron chi connectivity index (χ3n) is 6.66. The number of aliphatic hydroxyl groups is 2. The van der Waals surface area contributed by atoms with Gasteiger partial charge in [-0.2, -0.15) is 13.2 Å². The van der Waals surface area contributed by atoms with Gasteiger partial charge in [-0.3, -0.25) is 19.1 Å². The summed E-state index contributed by atoms with van der Waals surface area (Å²) in [4.78, 5) is 38.8. The lowest BCUT2D eigenvalue weighted by molar-refractivity contribution is -0.174. The Morgan fingerprint density at radius 3 is 2.42 bits per heavy atom. The lowest BCUT2D eigenvalue weighted by Crippen LogP contribution is -2.64. The second-order valence-electron chi connectivity index (χ2n) is 9.55. The number of hydrogen-bond donors (Lipinski definition) is 4. The van der Waals surface area contributed by atoms with Crippen molar-refractivity contribution in [1.29, 1.82) is 0 Å². The normalized spacial score (nSPS) is 24.9. The van der Waals surface area contributed by atoms with Gasteiger partial charge >= 0.3 is 17.8 Å². The fraction of sp³-hybridized carbons (Fsp3) is 0.650. The summed E-state index contributed by atoms with van der Waals surface area (Å²) in [5, 5.41) is 19.8. The molecule has 0 saturated carbocycles. The zero-order valence-corrected chi connectivity index (χ0v) is 19.9. The first kappa shape index (κ1) is 26.8. The van der Waals surface area contributed by atoms with Gasteiger partial charge in [0, 0.05) is 12.6 Å². The number of H-pyrrole nitrogens is 1. The topological polar surface area (TPSA) is 134 Å². The van der Waals surface area contributed by atoms with E-state index in [1.54, 1.807) is 5.32 Å². The second kappa shape index (κ2) is 8.75. The predicted molar refractivity (Wildman–Crippen MR) is 115 cm³/mol. The van der Waals surface area contributed by atoms with E-state index in [1.807, 2.05) is 44.8 Å². The molecule has 33 heavy (non-hydrogen) atoms. The fourth-order valence-corrected chi connectivity index (χ4v) is 6.88. The molecule has 0 radical (unpaired) electrons. The monoisotopic (exact) mass is 491 g/mol. The highest BCUT2D eigenvalue weighted by Gasteiger charge is 2.61. The smallest absolute Gasteiger partial charge is 0.394 e. The number of carbonyl (C=O) groups excluding carboxylic acids is 1. The molecular weight excluding hydrogens is 463 g/mol. The van der Waals surface area contributed by atoms with Crippen LogP contribution in [-0.4, -0.2) is 58.7 Å². The van der Waals surface area contributed by atoms with Crippen LogP contribution in [0.3, 0.4) is 0 Å². The Kier molecular flexibility index (Phi) is 7.12. The SMILES string of the molecule is C#CC(NC(=O)C(F)(F)F)c1cn([C@@]2([Si](C)(C)C(C)(C)C)C[C@H](O)[C@@H](CO)O2)c(=O)[nH]c1=O. The van der Waals surface area contributed by atoms with Gasteiger partial charge in [0.1, 0.15) is 25.6 Å². The molecule has 0 aromatic carbocycles. The lowest BCUT2D eigenvalue weighted by atomic mass is 10.1. The molecule has 1 aromatic heterocycles. The quantitative estimate of drug-likeness (QED) is 0.355. The minimum atomic E-state index is -5.24. The molecule has 2 rings (SSSR count). The highest BCUT2D eigenvalue weighted by atomic mass is 28.3. The van der Waals surface area contributed by atoms with E-state index in [0.29, 0.717) is 0 Å². The first-order chi connectivity index (χ1) is 14.9. The summed E-state index contributed by atoms with van der Waals surface area (Å²) < 4.78 is 45.3. The summed E-state index contributed by atoms with van der Waals surface area (Å²) in [6, 6.07) is -1.80. The van der Waals surface area contributed by atoms with Crippen LogP contribution in [0.15, 0.2) is 15.8 Å². The summed E-state index contributed by atoms with van der Waals surface area (Å²) in [6.07, 6.45) is -1.29. The number of aromatic nitrogens is 2. The van der Waals surface area contributed by atoms with Gasteiger partial charge in [0.05, 0.1) is 18.3 Å². The summed E-state index contributed by atoms with van der Waals surface area (Å²) in [6.45, 7) is 8.97. The number of terminal acetylenes is 1. The second-order valence-corrected chi connectivity index (χ2v) is 15.1. The number of aliphatic hydroxyl groups excluding tert-OH is 2. The molecule has 1 fully saturated rings. The van der Waals surface area contributed by atoms with Crippen molar-refractivity contribution in [3.63, 3.8) is 0 Å². The van der Waals surface area contributed by atoms with Gasteiger partial charge in [-0.25, -0.2) is 4.79 Å². The number of alkyl halides is 3. The molecule has 1 aliphatic rings. The molecule has 0 bridgehead atoms. The van der Waals surface area contributed by atoms with Crippen molar-refractivity contribution in [2.75, 3.05) is 6.61 Å². The molecule has 4 N–H and O–H groups in total. The molecule has 4 atom stereocenters. The van der Waals surface area contributed by atoms with Crippen LogP contribution in [0.25, 0.3) is 0 Å². The van der Waals surface area contributed by atoms with E-state index in [-0.39, 0.29) is 6.42 Å². The average molecular weight is 492 g/mol. The maximum atomic E-state index is 12.9. The van der Waals surface area contributed by atoms with Crippen LogP contribution < -0.4 is 16.6 Å². The van der Waals surface area contributed by atoms with Crippen molar-refractivity contribution in [3.8, 4) is 12.3 Å². The number of nitrogens with zero attached hydrogens (tertiary/aromatic N) is 1. The number of carbonyl (C=O) groups is 1. The van der Waals surface area contributed by atoms with Crippen molar-refractivity contribution < 1.29 is 32.9 Å². The molecule has 1 saturated heterocycles. The molecule has 2 heterocycles. The Morgan fingerprint density at radius 2 is 2.00 bits per heavy atom. The van der Waals surface area contributed by atoms with Gasteiger partial charge in [-0.1, -0.05) is 39.8 Å². The third kappa shape index (κ3) is 4.65. The summed E-state index contributed by atoms with van der Waals surface area (Å²) in [7, 11) is -2.81. The Morgan fingerprint density at radius 1 is 1.42 bits per heavy atom. The number of rotatable bonds is 5. The van der Waals surface area contributed by atoms with Gasteiger partial charge in [-0.05, 0) is 5.04 Å². The Labute approximate surface area is 189 Å². The number of amides is 1. The molecule has 1 aromatic rings. The third-order valence-corrected chi connectivity index (χ3v) is 12.9. The number of nitrogens with one attached hydrogen (secondary N) is 2. The van der Waals surface area contributed by atoms with Gasteiger partial charge in [0.2, 0.25) is 0 Å². The zero-order valence-electron chi connectivity index (χ0n) is 18.9. The molecule has 1 amide bonds. The summed E-state index contributed by atoms with van der Waals surface area (Å²) in [5.41, 5.74) is -2.50. The molecule has 0 spiro atoms. The average Bonchev–Trinajstić information content (AvgIpc) is 3.02. The number of aromatic amines is 1. The van der Waals surface area contributed by atoms with E-state index >= 15 is 0 Å². The Hall–Kier alpha value is -2.40. The van der Waals surface area contributed by atoms with Crippen molar-refractivity contribution in [2.45, 2.75) is 75.1 Å². The van der Waals surface area contributed by atoms with E-state index in [2.05, 4.69) is 0 Å². The number of hydrogen-bond acceptors (Lipinski definition) is 6. The van der Waals surface area contributed by atoms with Gasteiger partial charge in [0.25, 0.3) is 5.56 Å². The van der Waals surface area contributed by atoms with Crippen molar-refractivity contribution >= 4 is 14.0 Å². The molecule has 1 aliphatic heterocycles. The van der Waals surface area contributed by atoms with Crippen LogP contribution in [0.4, 0.5) is 13.2 Å². The van der Waals surface area contributed by atoms with Crippen LogP contribution in [0.1, 0.15) is 38.8 Å². The van der Waals surface area contributed by atoms with Crippen LogP contribution in [-0.2, 0) is 14.9 Å². The van der Waals surface area contributed by atoms with Crippen LogP contribution in [0, 0.1) is 12.3 Å². The van der Waals surface area contributed by atoms with Crippen LogP contribution in [0.2, 0.25) is 18.1 Å². The standard InChI is InChI=1S/C20H28F3N3O6Si/c1-7-12(24-16(30)20(21,22)23)11-9-26(17(31)25-15(11)29)19(33(5,6)18(2,3)4)8-13(28)14(10-27)32-19/h1,9,12-14,27-28H,8,10H2,2-6H3,(H,24,30)(H,25,29,31)/t12?,13-,14+,19-/m0/s1. The minimum Gasteiger partial charge on any atom is -0.394 e. The lowest BCUT2D eigenvalue weighted by Gasteiger charge is -2.50. The largest absolute Gasteiger partial charge is 0.471 e. The first-order valence-corrected chi connectivity index (χ1v) is 13.1. The maximum absolute atomic E-state index is 12.9. The van der Waals surface area contributed by atoms with E-state index in [1.165, 1.54) is 0 Å². The number of ether oxygens (including phenoxy) is 1. The highest BCUT2D eigenvalue weighted by Crippen LogP contribution is 2.51. The molecule has 1 unspecified atom stereocenters. The molecule has 0 aliphatic carbocycles. The van der Waals surface area contributed by atoms with Crippen LogP contribution >= 0.6 is 0 Å². The number of halogens is 3. The summed E-state index contributed by atoms with van der Waals surface area (Å²) in [5.74, 6) is -0.429. The van der Waals surface area contributed by atoms with Gasteiger partial charge in [-0.15, -0.1) is 6.42 Å². The Bertz CT molecular complexity index is 1070. The van der Waals surface area contributed by atoms with Crippen molar-refractivity contribution in [2.24, 2.45) is 0 Å². The van der Waals surface area contributed by atoms with Gasteiger partial charge in [0.15, 0.2) is 0 Å². The van der Waals surface area contributed by atoms with Crippen molar-refractivity contribution in [1.82, 2.24) is 14.9 Å². The van der Waals surface area contributed by atoms with E-state index in [0.717, 1.165) is 10.8 Å². The fourth-order valence-electron chi connectivity index (χ4n) is 3.78. The van der Waals surface area contributed by atoms with E-state index in [9.17, 15) is 37.8 Å². The van der Waals surface area contributed by atoms with Gasteiger partial charge < -0.3 is 20.3 Å².